The van der Waals surface area contributed by atoms with Crippen LogP contribution >= 0.6 is 10.4 Å². The molecule has 1 unspecified atom stereocenters. The Hall–Kier alpha value is -2.52. The number of benzene rings is 2. The van der Waals surface area contributed by atoms with Gasteiger partial charge in [0.1, 0.15) is 0 Å². The highest BCUT2D eigenvalue weighted by atomic mass is 32.3. The molecule has 0 bridgehead atoms. The van der Waals surface area contributed by atoms with Crippen molar-refractivity contribution in [3.05, 3.63) is 87.4 Å². The third-order valence-electron chi connectivity index (χ3n) is 8.99. The Morgan fingerprint density at radius 1 is 0.882 bits per heavy atom. The molecule has 1 saturated heterocycles. The summed E-state index contributed by atoms with van der Waals surface area (Å²) >= 11 is 0. The van der Waals surface area contributed by atoms with Crippen molar-refractivity contribution in [2.75, 3.05) is 0 Å². The molecule has 176 valence electrons. The number of rotatable bonds is 3. The zero-order valence-corrected chi connectivity index (χ0v) is 22.7. The second-order valence-electron chi connectivity index (χ2n) is 10.4. The van der Waals surface area contributed by atoms with Crippen LogP contribution in [0.5, 0.6) is 0 Å². The zero-order chi connectivity index (χ0) is 24.1. The number of fused-ring (bicyclic) bond motifs is 5. The maximum absolute atomic E-state index is 2.85. The third kappa shape index (κ3) is 2.42. The van der Waals surface area contributed by atoms with Crippen LogP contribution in [-0.4, -0.2) is 24.2 Å². The molecule has 0 N–H and O–H groups in total. The second-order valence-corrected chi connectivity index (χ2v) is 13.9. The van der Waals surface area contributed by atoms with E-state index < -0.39 is 10.4 Å². The number of allylic oxidation sites excluding steroid dienone is 2. The van der Waals surface area contributed by atoms with Gasteiger partial charge in [-0.2, -0.15) is 0 Å². The molecule has 0 aliphatic carbocycles. The first-order valence-electron chi connectivity index (χ1n) is 12.9. The molecule has 1 spiro atoms. The molecule has 1 aromatic heterocycles. The van der Waals surface area contributed by atoms with Gasteiger partial charge in [0.15, 0.2) is 5.71 Å². The van der Waals surface area contributed by atoms with Gasteiger partial charge in [0.25, 0.3) is 0 Å². The van der Waals surface area contributed by atoms with Gasteiger partial charge in [-0.15, -0.1) is 3.98 Å². The Balaban J connectivity index is 1.80. The molecule has 6 rings (SSSR count). The van der Waals surface area contributed by atoms with Gasteiger partial charge in [-0.1, -0.05) is 50.2 Å². The van der Waals surface area contributed by atoms with Crippen molar-refractivity contribution in [3.8, 4) is 0 Å². The number of hydrogen-bond donors (Lipinski definition) is 0. The van der Waals surface area contributed by atoms with E-state index in [2.05, 4.69) is 106 Å². The van der Waals surface area contributed by atoms with E-state index in [0.717, 1.165) is 12.8 Å². The van der Waals surface area contributed by atoms with Crippen molar-refractivity contribution in [2.45, 2.75) is 78.7 Å². The van der Waals surface area contributed by atoms with Crippen LogP contribution in [0.15, 0.2) is 59.3 Å². The maximum Gasteiger partial charge on any atom is 0.232 e. The summed E-state index contributed by atoms with van der Waals surface area (Å²) in [7, 11) is -1.16. The van der Waals surface area contributed by atoms with Crippen LogP contribution in [-0.2, 0) is 6.42 Å². The third-order valence-corrected chi connectivity index (χ3v) is 13.8. The minimum atomic E-state index is -1.16. The van der Waals surface area contributed by atoms with Gasteiger partial charge in [0, 0.05) is 23.8 Å². The van der Waals surface area contributed by atoms with Crippen molar-refractivity contribution in [3.63, 3.8) is 0 Å². The summed E-state index contributed by atoms with van der Waals surface area (Å²) in [5.74, 6) is 0. The van der Waals surface area contributed by atoms with Crippen molar-refractivity contribution in [2.24, 2.45) is 0 Å². The van der Waals surface area contributed by atoms with Crippen molar-refractivity contribution < 1.29 is 3.98 Å². The number of nitrogens with zero attached hydrogens (tertiary/aromatic N) is 2. The maximum atomic E-state index is 2.85. The fraction of sp³-hybridized carbons (Fsp3) is 0.387. The van der Waals surface area contributed by atoms with Crippen molar-refractivity contribution >= 4 is 32.5 Å². The second kappa shape index (κ2) is 7.24. The van der Waals surface area contributed by atoms with E-state index in [1.165, 1.54) is 55.8 Å². The Kier molecular flexibility index (Phi) is 4.68. The minimum absolute atomic E-state index is 0.688. The first kappa shape index (κ1) is 22.0. The Labute approximate surface area is 206 Å². The standard InChI is InChI=1S/C31H37N2S/c1-9-27-18(3)30-29(26-16-15-24-13-11-12-14-25(24)17-26)31-19(4)28(10-2)21(6)33(31)34(22(7)23(34)8)32(30)20(27)5/h11-17,22-23H,9-10H2,1-8H3/q+1/t22-,23+. The molecule has 3 aliphatic rings. The van der Waals surface area contributed by atoms with Crippen molar-refractivity contribution in [1.82, 2.24) is 3.97 Å². The molecule has 2 nitrogen and oxygen atoms in total. The fourth-order valence-electron chi connectivity index (χ4n) is 7.13. The monoisotopic (exact) mass is 469 g/mol. The summed E-state index contributed by atoms with van der Waals surface area (Å²) in [5, 5.41) is 4.01. The molecule has 3 heteroatoms. The largest absolute Gasteiger partial charge is 0.257 e. The Morgan fingerprint density at radius 2 is 1.56 bits per heavy atom. The molecule has 1 fully saturated rings. The summed E-state index contributed by atoms with van der Waals surface area (Å²) in [6.07, 6.45) is 2.18. The van der Waals surface area contributed by atoms with E-state index in [9.17, 15) is 0 Å². The summed E-state index contributed by atoms with van der Waals surface area (Å²) in [6, 6.07) is 15.9. The van der Waals surface area contributed by atoms with E-state index in [-0.39, 0.29) is 0 Å². The van der Waals surface area contributed by atoms with E-state index in [1.807, 2.05) is 0 Å². The molecule has 0 radical (unpaired) electrons. The number of hydrogen-bond acceptors (Lipinski definition) is 0. The predicted octanol–water partition coefficient (Wildman–Crippen LogP) is 8.08. The molecular formula is C31H37N2S+. The summed E-state index contributed by atoms with van der Waals surface area (Å²) in [6.45, 7) is 19.2. The first-order valence-corrected chi connectivity index (χ1v) is 14.6. The van der Waals surface area contributed by atoms with Crippen molar-refractivity contribution in [1.29, 1.82) is 0 Å². The smallest absolute Gasteiger partial charge is 0.232 e. The first-order chi connectivity index (χ1) is 16.3. The van der Waals surface area contributed by atoms with Gasteiger partial charge in [-0.05, 0) is 81.0 Å². The Bertz CT molecular complexity index is 1490. The average Bonchev–Trinajstić information content (AvgIpc) is 3.10. The molecular weight excluding hydrogens is 432 g/mol. The van der Waals surface area contributed by atoms with Gasteiger partial charge in [-0.3, -0.25) is 3.97 Å². The molecule has 3 atom stereocenters. The van der Waals surface area contributed by atoms with E-state index in [0.29, 0.717) is 10.5 Å². The van der Waals surface area contributed by atoms with Gasteiger partial charge in [0.2, 0.25) is 5.70 Å². The van der Waals surface area contributed by atoms with Crippen LogP contribution < -0.4 is 0 Å². The SMILES string of the molecule is CCC1=C(C)C2=C(c3ccc4ccccc4c3)c3c(C)c(CC)c(C)n3S3([C@H](C)[C@@H]3C)[N+]2=C1C. The lowest BCUT2D eigenvalue weighted by molar-refractivity contribution is -0.286. The topological polar surface area (TPSA) is 7.94 Å². The summed E-state index contributed by atoms with van der Waals surface area (Å²) in [5.41, 5.74) is 14.8. The van der Waals surface area contributed by atoms with Gasteiger partial charge in [-0.25, -0.2) is 0 Å². The Morgan fingerprint density at radius 3 is 2.18 bits per heavy atom. The van der Waals surface area contributed by atoms with Gasteiger partial charge < -0.3 is 0 Å². The molecule has 4 heterocycles. The summed E-state index contributed by atoms with van der Waals surface area (Å²) in [4.78, 5) is 0. The molecule has 3 aliphatic heterocycles. The van der Waals surface area contributed by atoms with E-state index >= 15 is 0 Å². The van der Waals surface area contributed by atoms with E-state index in [1.54, 1.807) is 11.1 Å². The van der Waals surface area contributed by atoms with E-state index in [4.69, 9.17) is 0 Å². The highest BCUT2D eigenvalue weighted by Crippen LogP contribution is 2.80. The lowest BCUT2D eigenvalue weighted by Crippen LogP contribution is -2.27. The minimum Gasteiger partial charge on any atom is -0.257 e. The average molecular weight is 470 g/mol. The van der Waals surface area contributed by atoms with Crippen LogP contribution in [0.1, 0.15) is 76.0 Å². The highest BCUT2D eigenvalue weighted by Gasteiger charge is 2.71. The lowest BCUT2D eigenvalue weighted by Gasteiger charge is -2.33. The molecule has 0 saturated carbocycles. The van der Waals surface area contributed by atoms with Crippen LogP contribution in [0.25, 0.3) is 16.3 Å². The van der Waals surface area contributed by atoms with Crippen LogP contribution in [0.2, 0.25) is 0 Å². The van der Waals surface area contributed by atoms with Crippen LogP contribution in [0.4, 0.5) is 0 Å². The summed E-state index contributed by atoms with van der Waals surface area (Å²) < 4.78 is 5.69. The number of aromatic nitrogens is 1. The normalized spacial score (nSPS) is 27.5. The molecule has 2 aromatic carbocycles. The quantitative estimate of drug-likeness (QED) is 0.271. The lowest BCUT2D eigenvalue weighted by atomic mass is 9.92. The molecule has 34 heavy (non-hydrogen) atoms. The molecule has 0 amide bonds. The predicted molar refractivity (Wildman–Crippen MR) is 149 cm³/mol. The zero-order valence-electron chi connectivity index (χ0n) is 21.9. The van der Waals surface area contributed by atoms with Crippen LogP contribution in [0.3, 0.4) is 0 Å². The van der Waals surface area contributed by atoms with Crippen LogP contribution in [0, 0.1) is 13.8 Å². The van der Waals surface area contributed by atoms with Gasteiger partial charge >= 0.3 is 0 Å². The van der Waals surface area contributed by atoms with Gasteiger partial charge in [0.05, 0.1) is 32.2 Å². The highest BCUT2D eigenvalue weighted by molar-refractivity contribution is 8.34. The fourth-order valence-corrected chi connectivity index (χ4v) is 12.2. The molecule has 3 aromatic rings.